The van der Waals surface area contributed by atoms with Gasteiger partial charge in [0.2, 0.25) is 0 Å². The first kappa shape index (κ1) is 10.3. The van der Waals surface area contributed by atoms with E-state index < -0.39 is 0 Å². The molecular formula is C15H16N2. The number of aromatic nitrogens is 1. The number of anilines is 1. The summed E-state index contributed by atoms with van der Waals surface area (Å²) in [4.78, 5) is 4.44. The Morgan fingerprint density at radius 3 is 2.65 bits per heavy atom. The monoisotopic (exact) mass is 224 g/mol. The lowest BCUT2D eigenvalue weighted by atomic mass is 10.0. The Morgan fingerprint density at radius 2 is 1.94 bits per heavy atom. The molecule has 1 aromatic carbocycles. The average Bonchev–Trinajstić information content (AvgIpc) is 2.81. The highest BCUT2D eigenvalue weighted by atomic mass is 15.0. The first-order valence-electron chi connectivity index (χ1n) is 6.02. The van der Waals surface area contributed by atoms with E-state index in [1.807, 2.05) is 18.3 Å². The second-order valence-corrected chi connectivity index (χ2v) is 4.71. The first-order chi connectivity index (χ1) is 8.25. The second-order valence-electron chi connectivity index (χ2n) is 4.71. The number of aryl methyl sites for hydroxylation is 2. The molecule has 0 saturated heterocycles. The van der Waals surface area contributed by atoms with E-state index in [0.717, 1.165) is 12.1 Å². The smallest absolute Gasteiger partial charge is 0.0726 e. The highest BCUT2D eigenvalue weighted by Gasteiger charge is 2.25. The molecule has 2 aromatic rings. The van der Waals surface area contributed by atoms with Crippen LogP contribution in [0.25, 0.3) is 0 Å². The number of nitrogens with one attached hydrogen (secondary N) is 1. The predicted molar refractivity (Wildman–Crippen MR) is 70.2 cm³/mol. The lowest BCUT2D eigenvalue weighted by Crippen LogP contribution is -2.07. The van der Waals surface area contributed by atoms with Crippen LogP contribution in [0.3, 0.4) is 0 Å². The van der Waals surface area contributed by atoms with Crippen molar-refractivity contribution in [1.29, 1.82) is 0 Å². The number of hydrogen-bond acceptors (Lipinski definition) is 2. The zero-order chi connectivity index (χ0) is 11.8. The van der Waals surface area contributed by atoms with Crippen molar-refractivity contribution in [3.63, 3.8) is 0 Å². The third-order valence-electron chi connectivity index (χ3n) is 3.53. The van der Waals surface area contributed by atoms with E-state index in [9.17, 15) is 0 Å². The van der Waals surface area contributed by atoms with Crippen LogP contribution in [0.4, 0.5) is 5.69 Å². The molecular weight excluding hydrogens is 208 g/mol. The quantitative estimate of drug-likeness (QED) is 0.803. The molecule has 1 unspecified atom stereocenters. The van der Waals surface area contributed by atoms with Gasteiger partial charge in [0.1, 0.15) is 0 Å². The lowest BCUT2D eigenvalue weighted by Gasteiger charge is -2.10. The summed E-state index contributed by atoms with van der Waals surface area (Å²) in [5.41, 5.74) is 6.57. The van der Waals surface area contributed by atoms with E-state index in [4.69, 9.17) is 0 Å². The van der Waals surface area contributed by atoms with Gasteiger partial charge in [-0.25, -0.2) is 0 Å². The van der Waals surface area contributed by atoms with Crippen LogP contribution in [0.1, 0.15) is 28.4 Å². The van der Waals surface area contributed by atoms with Crippen molar-refractivity contribution in [3.8, 4) is 0 Å². The number of pyridine rings is 1. The minimum atomic E-state index is 0.325. The van der Waals surface area contributed by atoms with Gasteiger partial charge in [0, 0.05) is 18.3 Å². The Hall–Kier alpha value is -1.83. The van der Waals surface area contributed by atoms with Crippen LogP contribution in [0, 0.1) is 13.8 Å². The third kappa shape index (κ3) is 1.70. The highest BCUT2D eigenvalue weighted by Crippen LogP contribution is 2.37. The highest BCUT2D eigenvalue weighted by molar-refractivity contribution is 5.64. The summed E-state index contributed by atoms with van der Waals surface area (Å²) in [6, 6.07) is 10.8. The molecule has 0 aliphatic carbocycles. The summed E-state index contributed by atoms with van der Waals surface area (Å²) in [6.07, 6.45) is 2.90. The standard InChI is InChI=1S/C15H16N2/c1-10-6-7-11(2)15-12(10)9-14(17-15)13-5-3-4-8-16-13/h3-8,14,17H,9H2,1-2H3. The molecule has 2 nitrogen and oxygen atoms in total. The van der Waals surface area contributed by atoms with Crippen molar-refractivity contribution in [2.24, 2.45) is 0 Å². The Kier molecular flexibility index (Phi) is 2.36. The van der Waals surface area contributed by atoms with Crippen molar-refractivity contribution in [2.75, 3.05) is 5.32 Å². The third-order valence-corrected chi connectivity index (χ3v) is 3.53. The van der Waals surface area contributed by atoms with E-state index in [1.165, 1.54) is 22.4 Å². The topological polar surface area (TPSA) is 24.9 Å². The maximum absolute atomic E-state index is 4.44. The Labute approximate surface area is 102 Å². The van der Waals surface area contributed by atoms with Crippen molar-refractivity contribution >= 4 is 5.69 Å². The van der Waals surface area contributed by atoms with Crippen LogP contribution in [-0.2, 0) is 6.42 Å². The van der Waals surface area contributed by atoms with Crippen molar-refractivity contribution in [2.45, 2.75) is 26.3 Å². The molecule has 3 rings (SSSR count). The summed E-state index contributed by atoms with van der Waals surface area (Å²) in [6.45, 7) is 4.34. The molecule has 1 aromatic heterocycles. The van der Waals surface area contributed by atoms with Gasteiger partial charge in [0.25, 0.3) is 0 Å². The molecule has 0 radical (unpaired) electrons. The molecule has 1 aliphatic rings. The Bertz CT molecular complexity index is 515. The normalized spacial score (nSPS) is 17.6. The minimum absolute atomic E-state index is 0.325. The molecule has 1 atom stereocenters. The molecule has 2 heteroatoms. The molecule has 17 heavy (non-hydrogen) atoms. The SMILES string of the molecule is Cc1ccc(C)c2c1CC(c1ccccn1)N2. The molecule has 0 saturated carbocycles. The van der Waals surface area contributed by atoms with Crippen LogP contribution in [0.5, 0.6) is 0 Å². The minimum Gasteiger partial charge on any atom is -0.376 e. The van der Waals surface area contributed by atoms with Gasteiger partial charge in [-0.1, -0.05) is 18.2 Å². The van der Waals surface area contributed by atoms with Gasteiger partial charge in [-0.2, -0.15) is 0 Å². The lowest BCUT2D eigenvalue weighted by molar-refractivity contribution is 0.786. The van der Waals surface area contributed by atoms with Crippen LogP contribution in [0.15, 0.2) is 36.5 Å². The fourth-order valence-corrected chi connectivity index (χ4v) is 2.52. The van der Waals surface area contributed by atoms with Crippen molar-refractivity contribution < 1.29 is 0 Å². The average molecular weight is 224 g/mol. The number of rotatable bonds is 1. The zero-order valence-electron chi connectivity index (χ0n) is 10.2. The maximum atomic E-state index is 4.44. The number of benzene rings is 1. The van der Waals surface area contributed by atoms with Crippen LogP contribution >= 0.6 is 0 Å². The summed E-state index contributed by atoms with van der Waals surface area (Å²) < 4.78 is 0. The molecule has 0 amide bonds. The van der Waals surface area contributed by atoms with E-state index in [0.29, 0.717) is 6.04 Å². The van der Waals surface area contributed by atoms with Crippen LogP contribution in [-0.4, -0.2) is 4.98 Å². The van der Waals surface area contributed by atoms with Gasteiger partial charge in [-0.3, -0.25) is 4.98 Å². The number of nitrogens with zero attached hydrogens (tertiary/aromatic N) is 1. The summed E-state index contributed by atoms with van der Waals surface area (Å²) in [5.74, 6) is 0. The fraction of sp³-hybridized carbons (Fsp3) is 0.267. The van der Waals surface area contributed by atoms with Gasteiger partial charge < -0.3 is 5.32 Å². The Morgan fingerprint density at radius 1 is 1.12 bits per heavy atom. The van der Waals surface area contributed by atoms with Crippen LogP contribution < -0.4 is 5.32 Å². The summed E-state index contributed by atoms with van der Waals surface area (Å²) in [7, 11) is 0. The molecule has 86 valence electrons. The summed E-state index contributed by atoms with van der Waals surface area (Å²) in [5, 5.41) is 3.60. The van der Waals surface area contributed by atoms with E-state index >= 15 is 0 Å². The molecule has 0 fully saturated rings. The second kappa shape index (κ2) is 3.88. The molecule has 0 spiro atoms. The van der Waals surface area contributed by atoms with Gasteiger partial charge >= 0.3 is 0 Å². The molecule has 2 heterocycles. The zero-order valence-corrected chi connectivity index (χ0v) is 10.2. The van der Waals surface area contributed by atoms with Gasteiger partial charge in [0.05, 0.1) is 11.7 Å². The Balaban J connectivity index is 1.98. The molecule has 1 N–H and O–H groups in total. The molecule has 1 aliphatic heterocycles. The number of hydrogen-bond donors (Lipinski definition) is 1. The predicted octanol–water partition coefficient (Wildman–Crippen LogP) is 3.41. The van der Waals surface area contributed by atoms with E-state index in [-0.39, 0.29) is 0 Å². The van der Waals surface area contributed by atoms with Crippen molar-refractivity contribution in [1.82, 2.24) is 4.98 Å². The van der Waals surface area contributed by atoms with E-state index in [1.54, 1.807) is 0 Å². The van der Waals surface area contributed by atoms with E-state index in [2.05, 4.69) is 42.3 Å². The number of fused-ring (bicyclic) bond motifs is 1. The van der Waals surface area contributed by atoms with Gasteiger partial charge in [-0.05, 0) is 42.7 Å². The van der Waals surface area contributed by atoms with Gasteiger partial charge in [-0.15, -0.1) is 0 Å². The largest absolute Gasteiger partial charge is 0.376 e. The van der Waals surface area contributed by atoms with Crippen LogP contribution in [0.2, 0.25) is 0 Å². The summed E-state index contributed by atoms with van der Waals surface area (Å²) >= 11 is 0. The molecule has 0 bridgehead atoms. The first-order valence-corrected chi connectivity index (χ1v) is 6.02. The fourth-order valence-electron chi connectivity index (χ4n) is 2.52. The maximum Gasteiger partial charge on any atom is 0.0726 e. The van der Waals surface area contributed by atoms with Crippen molar-refractivity contribution in [3.05, 3.63) is 58.9 Å². The van der Waals surface area contributed by atoms with Gasteiger partial charge in [0.15, 0.2) is 0 Å².